The number of carboxylic acids is 1. The first kappa shape index (κ1) is 16.6. The summed E-state index contributed by atoms with van der Waals surface area (Å²) in [6, 6.07) is 9.16. The first-order valence-electron chi connectivity index (χ1n) is 6.18. The number of hydrogen-bond donors (Lipinski definition) is 1. The van der Waals surface area contributed by atoms with Crippen LogP contribution in [0, 0.1) is 0 Å². The molecular weight excluding hydrogens is 282 g/mol. The molecule has 0 unspecified atom stereocenters. The van der Waals surface area contributed by atoms with Crippen molar-refractivity contribution in [3.8, 4) is 0 Å². The maximum Gasteiger partial charge on any atom is 0.304 e. The summed E-state index contributed by atoms with van der Waals surface area (Å²) in [5.41, 5.74) is 0.850. The summed E-state index contributed by atoms with van der Waals surface area (Å²) in [7, 11) is -2.12. The van der Waals surface area contributed by atoms with Crippen LogP contribution in [0.5, 0.6) is 0 Å². The summed E-state index contributed by atoms with van der Waals surface area (Å²) >= 11 is 0. The summed E-state index contributed by atoms with van der Waals surface area (Å²) in [5, 5.41) is 8.62. The van der Waals surface area contributed by atoms with Gasteiger partial charge in [-0.1, -0.05) is 30.3 Å². The van der Waals surface area contributed by atoms with Crippen molar-refractivity contribution in [3.63, 3.8) is 0 Å². The van der Waals surface area contributed by atoms with E-state index in [9.17, 15) is 13.2 Å². The lowest BCUT2D eigenvalue weighted by Crippen LogP contribution is -2.35. The fourth-order valence-corrected chi connectivity index (χ4v) is 3.03. The highest BCUT2D eigenvalue weighted by Gasteiger charge is 2.22. The van der Waals surface area contributed by atoms with Crippen LogP contribution in [0.25, 0.3) is 0 Å². The molecule has 0 atom stereocenters. The molecule has 20 heavy (non-hydrogen) atoms. The molecule has 1 aromatic rings. The third-order valence-electron chi connectivity index (χ3n) is 2.71. The summed E-state index contributed by atoms with van der Waals surface area (Å²) in [6.07, 6.45) is -0.402. The number of methoxy groups -OCH3 is 1. The molecule has 1 N–H and O–H groups in total. The van der Waals surface area contributed by atoms with Gasteiger partial charge in [-0.15, -0.1) is 0 Å². The Morgan fingerprint density at radius 3 is 2.50 bits per heavy atom. The average molecular weight is 301 g/mol. The van der Waals surface area contributed by atoms with E-state index in [1.165, 1.54) is 11.4 Å². The molecule has 0 spiro atoms. The smallest absolute Gasteiger partial charge is 0.304 e. The molecular formula is C13H19NO5S. The van der Waals surface area contributed by atoms with Crippen molar-refractivity contribution in [1.29, 1.82) is 0 Å². The molecule has 7 heteroatoms. The molecule has 1 aromatic carbocycles. The van der Waals surface area contributed by atoms with Gasteiger partial charge in [-0.2, -0.15) is 4.31 Å². The molecule has 0 aliphatic carbocycles. The van der Waals surface area contributed by atoms with Gasteiger partial charge in [-0.3, -0.25) is 4.79 Å². The zero-order valence-electron chi connectivity index (χ0n) is 11.4. The van der Waals surface area contributed by atoms with Crippen molar-refractivity contribution in [2.45, 2.75) is 13.0 Å². The van der Waals surface area contributed by atoms with Crippen LogP contribution in [0.3, 0.4) is 0 Å². The Kier molecular flexibility index (Phi) is 6.63. The lowest BCUT2D eigenvalue weighted by atomic mass is 10.2. The van der Waals surface area contributed by atoms with Gasteiger partial charge in [0.2, 0.25) is 10.0 Å². The first-order valence-corrected chi connectivity index (χ1v) is 7.79. The fourth-order valence-electron chi connectivity index (χ4n) is 1.64. The second-order valence-electron chi connectivity index (χ2n) is 4.27. The van der Waals surface area contributed by atoms with Crippen LogP contribution >= 0.6 is 0 Å². The molecule has 0 amide bonds. The Balaban J connectivity index is 2.79. The normalized spacial score (nSPS) is 11.7. The number of sulfonamides is 1. The van der Waals surface area contributed by atoms with Gasteiger partial charge in [0.1, 0.15) is 0 Å². The SMILES string of the molecule is COCCN(Cc1ccccc1)S(=O)(=O)CCC(=O)O. The van der Waals surface area contributed by atoms with E-state index in [-0.39, 0.29) is 19.7 Å². The van der Waals surface area contributed by atoms with Gasteiger partial charge in [0.05, 0.1) is 18.8 Å². The number of hydrogen-bond acceptors (Lipinski definition) is 4. The van der Waals surface area contributed by atoms with E-state index in [0.29, 0.717) is 0 Å². The van der Waals surface area contributed by atoms with E-state index in [1.54, 1.807) is 0 Å². The fraction of sp³-hybridized carbons (Fsp3) is 0.462. The number of carbonyl (C=O) groups is 1. The molecule has 0 fully saturated rings. The summed E-state index contributed by atoms with van der Waals surface area (Å²) in [5.74, 6) is -1.53. The van der Waals surface area contributed by atoms with Crippen molar-refractivity contribution in [3.05, 3.63) is 35.9 Å². The predicted molar refractivity (Wildman–Crippen MR) is 74.8 cm³/mol. The minimum Gasteiger partial charge on any atom is -0.481 e. The van der Waals surface area contributed by atoms with Crippen molar-refractivity contribution in [2.75, 3.05) is 26.0 Å². The highest BCUT2D eigenvalue weighted by molar-refractivity contribution is 7.89. The lowest BCUT2D eigenvalue weighted by Gasteiger charge is -2.21. The Morgan fingerprint density at radius 2 is 1.95 bits per heavy atom. The van der Waals surface area contributed by atoms with E-state index < -0.39 is 28.2 Å². The monoisotopic (exact) mass is 301 g/mol. The second-order valence-corrected chi connectivity index (χ2v) is 6.36. The van der Waals surface area contributed by atoms with Crippen molar-refractivity contribution >= 4 is 16.0 Å². The molecule has 1 rings (SSSR count). The van der Waals surface area contributed by atoms with E-state index in [1.807, 2.05) is 30.3 Å². The quantitative estimate of drug-likeness (QED) is 0.734. The van der Waals surface area contributed by atoms with Gasteiger partial charge < -0.3 is 9.84 Å². The van der Waals surface area contributed by atoms with E-state index in [4.69, 9.17) is 9.84 Å². The van der Waals surface area contributed by atoms with Crippen LogP contribution in [0.2, 0.25) is 0 Å². The van der Waals surface area contributed by atoms with Crippen LogP contribution in [-0.2, 0) is 26.1 Å². The average Bonchev–Trinajstić information content (AvgIpc) is 2.42. The van der Waals surface area contributed by atoms with Crippen LogP contribution in [0.4, 0.5) is 0 Å². The zero-order chi connectivity index (χ0) is 15.0. The molecule has 0 aromatic heterocycles. The standard InChI is InChI=1S/C13H19NO5S/c1-19-9-8-14(11-12-5-3-2-4-6-12)20(17,18)10-7-13(15)16/h2-6H,7-11H2,1H3,(H,15,16). The van der Waals surface area contributed by atoms with Crippen LogP contribution in [-0.4, -0.2) is 49.8 Å². The molecule has 0 aliphatic heterocycles. The molecule has 0 saturated carbocycles. The van der Waals surface area contributed by atoms with Crippen LogP contribution in [0.15, 0.2) is 30.3 Å². The topological polar surface area (TPSA) is 83.9 Å². The Morgan fingerprint density at radius 1 is 1.30 bits per heavy atom. The summed E-state index contributed by atoms with van der Waals surface area (Å²) < 4.78 is 30.5. The van der Waals surface area contributed by atoms with E-state index >= 15 is 0 Å². The molecule has 0 aliphatic rings. The second kappa shape index (κ2) is 7.98. The van der Waals surface area contributed by atoms with E-state index in [2.05, 4.69) is 0 Å². The minimum atomic E-state index is -3.62. The largest absolute Gasteiger partial charge is 0.481 e. The van der Waals surface area contributed by atoms with Gasteiger partial charge >= 0.3 is 5.97 Å². The minimum absolute atomic E-state index is 0.202. The van der Waals surface area contributed by atoms with Crippen molar-refractivity contribution in [2.24, 2.45) is 0 Å². The van der Waals surface area contributed by atoms with Gasteiger partial charge in [0.25, 0.3) is 0 Å². The molecule has 0 radical (unpaired) electrons. The third kappa shape index (κ3) is 5.68. The molecule has 0 bridgehead atoms. The number of rotatable bonds is 9. The van der Waals surface area contributed by atoms with Gasteiger partial charge in [0.15, 0.2) is 0 Å². The van der Waals surface area contributed by atoms with Crippen LogP contribution < -0.4 is 0 Å². The highest BCUT2D eigenvalue weighted by Crippen LogP contribution is 2.10. The first-order chi connectivity index (χ1) is 9.45. The molecule has 112 valence electrons. The number of carboxylic acid groups (broad SMARTS) is 1. The number of aliphatic carboxylic acids is 1. The van der Waals surface area contributed by atoms with Crippen molar-refractivity contribution < 1.29 is 23.1 Å². The lowest BCUT2D eigenvalue weighted by molar-refractivity contribution is -0.136. The Labute approximate surface area is 119 Å². The van der Waals surface area contributed by atoms with Gasteiger partial charge in [-0.25, -0.2) is 8.42 Å². The van der Waals surface area contributed by atoms with E-state index in [0.717, 1.165) is 5.56 Å². The third-order valence-corrected chi connectivity index (χ3v) is 4.53. The summed E-state index contributed by atoms with van der Waals surface area (Å²) in [4.78, 5) is 10.5. The zero-order valence-corrected chi connectivity index (χ0v) is 12.2. The highest BCUT2D eigenvalue weighted by atomic mass is 32.2. The van der Waals surface area contributed by atoms with Gasteiger partial charge in [0, 0.05) is 20.2 Å². The predicted octanol–water partition coefficient (Wildman–Crippen LogP) is 0.940. The molecule has 6 nitrogen and oxygen atoms in total. The number of ether oxygens (including phenoxy) is 1. The Hall–Kier alpha value is -1.44. The summed E-state index contributed by atoms with van der Waals surface area (Å²) in [6.45, 7) is 0.679. The van der Waals surface area contributed by atoms with Crippen molar-refractivity contribution in [1.82, 2.24) is 4.31 Å². The van der Waals surface area contributed by atoms with Gasteiger partial charge in [-0.05, 0) is 5.56 Å². The Bertz CT molecular complexity index is 515. The maximum atomic E-state index is 12.2. The number of benzene rings is 1. The molecule has 0 heterocycles. The van der Waals surface area contributed by atoms with Crippen LogP contribution in [0.1, 0.15) is 12.0 Å². The maximum absolute atomic E-state index is 12.2. The molecule has 0 saturated heterocycles. The number of nitrogens with zero attached hydrogens (tertiary/aromatic N) is 1.